The van der Waals surface area contributed by atoms with Crippen LogP contribution in [0.4, 0.5) is 0 Å². The zero-order valence-corrected chi connectivity index (χ0v) is 12.0. The molecule has 0 spiro atoms. The number of pyridine rings is 1. The van der Waals surface area contributed by atoms with Crippen LogP contribution in [0.25, 0.3) is 0 Å². The van der Waals surface area contributed by atoms with Gasteiger partial charge in [0, 0.05) is 12.2 Å². The number of hydrogen-bond acceptors (Lipinski definition) is 3. The van der Waals surface area contributed by atoms with Gasteiger partial charge < -0.3 is 0 Å². The first-order valence-electron chi connectivity index (χ1n) is 6.04. The standard InChI is InChI=1S/C12H17ClN2O2S/c1-8-3-4-11(9(8)2)15-18(16,17)10-5-6-14-12(13)7-10/h5-9,11,15H,3-4H2,1-2H3. The third-order valence-corrected chi connectivity index (χ3v) is 5.47. The highest BCUT2D eigenvalue weighted by molar-refractivity contribution is 7.89. The molecule has 3 unspecified atom stereocenters. The minimum absolute atomic E-state index is 0.0111. The van der Waals surface area contributed by atoms with E-state index >= 15 is 0 Å². The largest absolute Gasteiger partial charge is 0.244 e. The molecule has 1 aromatic heterocycles. The molecular weight excluding hydrogens is 272 g/mol. The zero-order chi connectivity index (χ0) is 13.3. The Bertz CT molecular complexity index is 533. The third kappa shape index (κ3) is 2.84. The highest BCUT2D eigenvalue weighted by atomic mass is 35.5. The Labute approximate surface area is 113 Å². The van der Waals surface area contributed by atoms with E-state index in [1.807, 2.05) is 0 Å². The molecule has 18 heavy (non-hydrogen) atoms. The van der Waals surface area contributed by atoms with Crippen molar-refractivity contribution in [1.82, 2.24) is 9.71 Å². The highest BCUT2D eigenvalue weighted by Crippen LogP contribution is 2.32. The second-order valence-electron chi connectivity index (χ2n) is 4.96. The summed E-state index contributed by atoms with van der Waals surface area (Å²) in [5, 5.41) is 0.186. The number of rotatable bonds is 3. The van der Waals surface area contributed by atoms with Crippen molar-refractivity contribution in [2.24, 2.45) is 11.8 Å². The first-order valence-corrected chi connectivity index (χ1v) is 7.90. The van der Waals surface area contributed by atoms with Gasteiger partial charge in [-0.25, -0.2) is 18.1 Å². The molecular formula is C12H17ClN2O2S. The number of aromatic nitrogens is 1. The Morgan fingerprint density at radius 1 is 1.39 bits per heavy atom. The van der Waals surface area contributed by atoms with Crippen molar-refractivity contribution in [3.8, 4) is 0 Å². The molecule has 100 valence electrons. The van der Waals surface area contributed by atoms with E-state index in [-0.39, 0.29) is 16.1 Å². The van der Waals surface area contributed by atoms with Crippen molar-refractivity contribution in [3.63, 3.8) is 0 Å². The molecule has 2 rings (SSSR count). The number of hydrogen-bond donors (Lipinski definition) is 1. The van der Waals surface area contributed by atoms with Crippen LogP contribution in [-0.2, 0) is 10.0 Å². The first kappa shape index (κ1) is 13.8. The van der Waals surface area contributed by atoms with Crippen LogP contribution in [0.3, 0.4) is 0 Å². The number of nitrogens with zero attached hydrogens (tertiary/aromatic N) is 1. The SMILES string of the molecule is CC1CCC(NS(=O)(=O)c2ccnc(Cl)c2)C1C. The molecule has 4 nitrogen and oxygen atoms in total. The van der Waals surface area contributed by atoms with E-state index in [4.69, 9.17) is 11.6 Å². The van der Waals surface area contributed by atoms with Crippen LogP contribution < -0.4 is 4.72 Å². The van der Waals surface area contributed by atoms with E-state index in [2.05, 4.69) is 23.6 Å². The normalized spacial score (nSPS) is 28.5. The summed E-state index contributed by atoms with van der Waals surface area (Å²) >= 11 is 5.72. The van der Waals surface area contributed by atoms with Crippen molar-refractivity contribution in [2.75, 3.05) is 0 Å². The number of halogens is 1. The molecule has 1 fully saturated rings. The van der Waals surface area contributed by atoms with Gasteiger partial charge in [0.2, 0.25) is 10.0 Å². The summed E-state index contributed by atoms with van der Waals surface area (Å²) in [6, 6.07) is 2.83. The fraction of sp³-hybridized carbons (Fsp3) is 0.583. The van der Waals surface area contributed by atoms with Crippen LogP contribution in [0.1, 0.15) is 26.7 Å². The highest BCUT2D eigenvalue weighted by Gasteiger charge is 2.33. The van der Waals surface area contributed by atoms with Gasteiger partial charge >= 0.3 is 0 Å². The van der Waals surface area contributed by atoms with Crippen molar-refractivity contribution in [1.29, 1.82) is 0 Å². The molecule has 1 aliphatic rings. The molecule has 0 aromatic carbocycles. The predicted octanol–water partition coefficient (Wildman–Crippen LogP) is 2.45. The topological polar surface area (TPSA) is 59.1 Å². The second-order valence-corrected chi connectivity index (χ2v) is 7.06. The molecule has 0 bridgehead atoms. The van der Waals surface area contributed by atoms with Crippen LogP contribution in [0.5, 0.6) is 0 Å². The summed E-state index contributed by atoms with van der Waals surface area (Å²) < 4.78 is 27.2. The molecule has 1 aromatic rings. The molecule has 0 aliphatic heterocycles. The van der Waals surface area contributed by atoms with Crippen molar-refractivity contribution >= 4 is 21.6 Å². The van der Waals surface area contributed by atoms with E-state index in [0.717, 1.165) is 12.8 Å². The lowest BCUT2D eigenvalue weighted by atomic mass is 9.98. The predicted molar refractivity (Wildman–Crippen MR) is 70.9 cm³/mol. The van der Waals surface area contributed by atoms with E-state index in [1.165, 1.54) is 18.3 Å². The van der Waals surface area contributed by atoms with E-state index < -0.39 is 10.0 Å². The Hall–Kier alpha value is -0.650. The number of nitrogens with one attached hydrogen (secondary N) is 1. The Balaban J connectivity index is 2.18. The van der Waals surface area contributed by atoms with Gasteiger partial charge in [-0.1, -0.05) is 25.4 Å². The molecule has 1 aliphatic carbocycles. The van der Waals surface area contributed by atoms with Gasteiger partial charge in [0.1, 0.15) is 5.15 Å². The van der Waals surface area contributed by atoms with Crippen LogP contribution in [0.2, 0.25) is 5.15 Å². The first-order chi connectivity index (χ1) is 8.40. The molecule has 1 heterocycles. The van der Waals surface area contributed by atoms with Crippen LogP contribution in [-0.4, -0.2) is 19.4 Å². The quantitative estimate of drug-likeness (QED) is 0.869. The van der Waals surface area contributed by atoms with Gasteiger partial charge in [0.15, 0.2) is 0 Å². The van der Waals surface area contributed by atoms with Gasteiger partial charge in [-0.2, -0.15) is 0 Å². The van der Waals surface area contributed by atoms with Crippen molar-refractivity contribution < 1.29 is 8.42 Å². The average molecular weight is 289 g/mol. The summed E-state index contributed by atoms with van der Waals surface area (Å²) in [5.74, 6) is 0.913. The number of sulfonamides is 1. The zero-order valence-electron chi connectivity index (χ0n) is 10.4. The molecule has 6 heteroatoms. The maximum absolute atomic E-state index is 12.2. The van der Waals surface area contributed by atoms with E-state index in [0.29, 0.717) is 11.8 Å². The lowest BCUT2D eigenvalue weighted by Gasteiger charge is -2.19. The van der Waals surface area contributed by atoms with Gasteiger partial charge in [-0.3, -0.25) is 0 Å². The minimum atomic E-state index is -3.50. The van der Waals surface area contributed by atoms with Gasteiger partial charge in [0.25, 0.3) is 0 Å². The summed E-state index contributed by atoms with van der Waals surface area (Å²) in [5.41, 5.74) is 0. The van der Waals surface area contributed by atoms with Crippen LogP contribution in [0, 0.1) is 11.8 Å². The monoisotopic (exact) mass is 288 g/mol. The minimum Gasteiger partial charge on any atom is -0.244 e. The van der Waals surface area contributed by atoms with Crippen LogP contribution in [0.15, 0.2) is 23.2 Å². The molecule has 0 amide bonds. The van der Waals surface area contributed by atoms with Gasteiger partial charge in [-0.15, -0.1) is 0 Å². The molecule has 1 saturated carbocycles. The average Bonchev–Trinajstić information content (AvgIpc) is 2.61. The summed E-state index contributed by atoms with van der Waals surface area (Å²) in [6.45, 7) is 4.24. The lowest BCUT2D eigenvalue weighted by Crippen LogP contribution is -2.37. The van der Waals surface area contributed by atoms with Crippen LogP contribution >= 0.6 is 11.6 Å². The molecule has 1 N–H and O–H groups in total. The summed E-state index contributed by atoms with van der Waals surface area (Å²) in [7, 11) is -3.50. The Morgan fingerprint density at radius 2 is 2.11 bits per heavy atom. The molecule has 3 atom stereocenters. The van der Waals surface area contributed by atoms with Gasteiger partial charge in [-0.05, 0) is 36.8 Å². The fourth-order valence-electron chi connectivity index (χ4n) is 2.35. The maximum atomic E-state index is 12.2. The van der Waals surface area contributed by atoms with Crippen molar-refractivity contribution in [3.05, 3.63) is 23.5 Å². The third-order valence-electron chi connectivity index (χ3n) is 3.78. The maximum Gasteiger partial charge on any atom is 0.240 e. The van der Waals surface area contributed by atoms with E-state index in [1.54, 1.807) is 0 Å². The smallest absolute Gasteiger partial charge is 0.240 e. The molecule has 0 radical (unpaired) electrons. The Morgan fingerprint density at radius 3 is 2.67 bits per heavy atom. The molecule has 0 saturated heterocycles. The Kier molecular flexibility index (Phi) is 3.94. The summed E-state index contributed by atoms with van der Waals surface area (Å²) in [6.07, 6.45) is 3.35. The van der Waals surface area contributed by atoms with Crippen molar-refractivity contribution in [2.45, 2.75) is 37.6 Å². The van der Waals surface area contributed by atoms with E-state index in [9.17, 15) is 8.42 Å². The van der Waals surface area contributed by atoms with Gasteiger partial charge in [0.05, 0.1) is 4.90 Å². The lowest BCUT2D eigenvalue weighted by molar-refractivity contribution is 0.402. The second kappa shape index (κ2) is 5.15. The summed E-state index contributed by atoms with van der Waals surface area (Å²) in [4.78, 5) is 3.96. The fourth-order valence-corrected chi connectivity index (χ4v) is 3.96.